The number of rotatable bonds is 12. The molecule has 2 nitrogen and oxygen atoms in total. The Morgan fingerprint density at radius 3 is 2.20 bits per heavy atom. The summed E-state index contributed by atoms with van der Waals surface area (Å²) in [5, 5.41) is 0. The molecule has 0 unspecified atom stereocenters. The van der Waals surface area contributed by atoms with Crippen LogP contribution in [0.1, 0.15) is 81.5 Å². The van der Waals surface area contributed by atoms with Crippen LogP contribution in [0.3, 0.4) is 0 Å². The molecule has 0 fully saturated rings. The van der Waals surface area contributed by atoms with Gasteiger partial charge in [-0.1, -0.05) is 82.3 Å². The lowest BCUT2D eigenvalue weighted by Gasteiger charge is -2.12. The zero-order valence-electron chi connectivity index (χ0n) is 22.4. The molecule has 0 aliphatic rings. The first-order valence-electron chi connectivity index (χ1n) is 13.4. The quantitative estimate of drug-likeness (QED) is 0.187. The van der Waals surface area contributed by atoms with Crippen LogP contribution in [0.2, 0.25) is 0 Å². The highest BCUT2D eigenvalue weighted by Gasteiger charge is 2.07. The molecule has 0 N–H and O–H groups in total. The number of hydrogen-bond acceptors (Lipinski definition) is 2. The summed E-state index contributed by atoms with van der Waals surface area (Å²) in [6.45, 7) is 10.9. The predicted octanol–water partition coefficient (Wildman–Crippen LogP) is 9.93. The smallest absolute Gasteiger partial charge is 0.0639 e. The molecule has 35 heavy (non-hydrogen) atoms. The maximum absolute atomic E-state index is 4.92. The summed E-state index contributed by atoms with van der Waals surface area (Å²) in [6, 6.07) is 21.5. The molecule has 0 amide bonds. The van der Waals surface area contributed by atoms with Gasteiger partial charge in [0, 0.05) is 6.21 Å². The number of benzene rings is 3. The minimum absolute atomic E-state index is 0.921. The second-order valence-corrected chi connectivity index (χ2v) is 9.69. The molecule has 0 bridgehead atoms. The van der Waals surface area contributed by atoms with Gasteiger partial charge in [0.15, 0.2) is 0 Å². The Morgan fingerprint density at radius 2 is 1.46 bits per heavy atom. The third-order valence-corrected chi connectivity index (χ3v) is 6.66. The van der Waals surface area contributed by atoms with E-state index in [1.807, 2.05) is 19.2 Å². The van der Waals surface area contributed by atoms with Gasteiger partial charge in [-0.3, -0.25) is 9.98 Å². The lowest BCUT2D eigenvalue weighted by molar-refractivity contribution is 0.607. The van der Waals surface area contributed by atoms with Crippen LogP contribution in [0.4, 0.5) is 11.4 Å². The first kappa shape index (κ1) is 26.6. The lowest BCUT2D eigenvalue weighted by Crippen LogP contribution is -1.97. The molecule has 0 aliphatic carbocycles. The summed E-state index contributed by atoms with van der Waals surface area (Å²) in [4.78, 5) is 9.68. The van der Waals surface area contributed by atoms with Crippen LogP contribution >= 0.6 is 0 Å². The van der Waals surface area contributed by atoms with Gasteiger partial charge in [0.25, 0.3) is 0 Å². The topological polar surface area (TPSA) is 24.7 Å². The second-order valence-electron chi connectivity index (χ2n) is 9.69. The molecular weight excluding hydrogens is 424 g/mol. The summed E-state index contributed by atoms with van der Waals surface area (Å²) < 4.78 is 0. The van der Waals surface area contributed by atoms with Crippen LogP contribution < -0.4 is 0 Å². The standard InChI is InChI=1S/C33H42N2/c1-6-8-9-10-11-13-18-30-22-33(21-28(7-2)27(30)5)35-26(4)24-34-32-20-25(3)19-31(23-32)29-16-14-12-15-17-29/h12,14-17,19-24H,6-11,13,18H2,1-5H3. The monoisotopic (exact) mass is 466 g/mol. The largest absolute Gasteiger partial charge is 0.255 e. The van der Waals surface area contributed by atoms with E-state index < -0.39 is 0 Å². The fourth-order valence-corrected chi connectivity index (χ4v) is 4.64. The molecule has 2 heteroatoms. The van der Waals surface area contributed by atoms with Crippen molar-refractivity contribution < 1.29 is 0 Å². The average molecular weight is 467 g/mol. The molecule has 184 valence electrons. The van der Waals surface area contributed by atoms with E-state index in [0.717, 1.165) is 29.9 Å². The summed E-state index contributed by atoms with van der Waals surface area (Å²) in [6.07, 6.45) is 12.0. The van der Waals surface area contributed by atoms with E-state index in [1.54, 1.807) is 0 Å². The van der Waals surface area contributed by atoms with Crippen LogP contribution in [0.15, 0.2) is 70.6 Å². The maximum Gasteiger partial charge on any atom is 0.0639 e. The van der Waals surface area contributed by atoms with Gasteiger partial charge < -0.3 is 0 Å². The van der Waals surface area contributed by atoms with Gasteiger partial charge in [0.2, 0.25) is 0 Å². The van der Waals surface area contributed by atoms with Gasteiger partial charge in [0.1, 0.15) is 0 Å². The fraction of sp³-hybridized carbons (Fsp3) is 0.394. The average Bonchev–Trinajstić information content (AvgIpc) is 2.86. The molecular formula is C33H42N2. The first-order valence-corrected chi connectivity index (χ1v) is 13.4. The molecule has 0 saturated carbocycles. The van der Waals surface area contributed by atoms with Gasteiger partial charge in [-0.2, -0.15) is 0 Å². The van der Waals surface area contributed by atoms with E-state index in [-0.39, 0.29) is 0 Å². The molecule has 0 radical (unpaired) electrons. The highest BCUT2D eigenvalue weighted by atomic mass is 14.8. The summed E-state index contributed by atoms with van der Waals surface area (Å²) in [5.41, 5.74) is 10.8. The zero-order valence-corrected chi connectivity index (χ0v) is 22.4. The molecule has 3 aromatic carbocycles. The molecule has 0 atom stereocenters. The number of nitrogens with zero attached hydrogens (tertiary/aromatic N) is 2. The Kier molecular flexibility index (Phi) is 10.5. The summed E-state index contributed by atoms with van der Waals surface area (Å²) in [5.74, 6) is 0. The van der Waals surface area contributed by atoms with Crippen molar-refractivity contribution in [3.05, 3.63) is 82.9 Å². The number of aryl methyl sites for hydroxylation is 3. The first-order chi connectivity index (χ1) is 17.0. The Morgan fingerprint density at radius 1 is 0.743 bits per heavy atom. The van der Waals surface area contributed by atoms with E-state index in [1.165, 1.54) is 71.9 Å². The highest BCUT2D eigenvalue weighted by molar-refractivity contribution is 6.30. The molecule has 3 rings (SSSR count). The fourth-order valence-electron chi connectivity index (χ4n) is 4.64. The van der Waals surface area contributed by atoms with Crippen LogP contribution in [0.5, 0.6) is 0 Å². The summed E-state index contributed by atoms with van der Waals surface area (Å²) >= 11 is 0. The van der Waals surface area contributed by atoms with E-state index in [4.69, 9.17) is 9.98 Å². The van der Waals surface area contributed by atoms with Crippen LogP contribution in [-0.2, 0) is 12.8 Å². The normalized spacial score (nSPS) is 12.0. The third kappa shape index (κ3) is 8.31. The van der Waals surface area contributed by atoms with Crippen LogP contribution in [-0.4, -0.2) is 11.9 Å². The molecule has 3 aromatic rings. The Hall–Kier alpha value is -3.00. The maximum atomic E-state index is 4.92. The van der Waals surface area contributed by atoms with Crippen molar-refractivity contribution in [3.63, 3.8) is 0 Å². The van der Waals surface area contributed by atoms with Gasteiger partial charge in [-0.15, -0.1) is 0 Å². The zero-order chi connectivity index (χ0) is 25.0. The van der Waals surface area contributed by atoms with E-state index >= 15 is 0 Å². The number of unbranched alkanes of at least 4 members (excludes halogenated alkanes) is 5. The van der Waals surface area contributed by atoms with E-state index in [9.17, 15) is 0 Å². The summed E-state index contributed by atoms with van der Waals surface area (Å²) in [7, 11) is 0. The van der Waals surface area contributed by atoms with Crippen molar-refractivity contribution in [2.75, 3.05) is 0 Å². The minimum atomic E-state index is 0.921. The van der Waals surface area contributed by atoms with Crippen molar-refractivity contribution in [2.24, 2.45) is 9.98 Å². The molecule has 0 saturated heterocycles. The van der Waals surface area contributed by atoms with Crippen molar-refractivity contribution in [1.82, 2.24) is 0 Å². The molecule has 0 heterocycles. The van der Waals surface area contributed by atoms with Gasteiger partial charge >= 0.3 is 0 Å². The van der Waals surface area contributed by atoms with Crippen molar-refractivity contribution in [1.29, 1.82) is 0 Å². The van der Waals surface area contributed by atoms with E-state index in [0.29, 0.717) is 0 Å². The number of hydrogen-bond donors (Lipinski definition) is 0. The van der Waals surface area contributed by atoms with Crippen molar-refractivity contribution in [3.8, 4) is 11.1 Å². The van der Waals surface area contributed by atoms with Crippen LogP contribution in [0, 0.1) is 13.8 Å². The molecule has 0 spiro atoms. The van der Waals surface area contributed by atoms with Gasteiger partial charge in [-0.05, 0) is 97.7 Å². The minimum Gasteiger partial charge on any atom is -0.255 e. The number of aliphatic imine (C=N–C) groups is 2. The lowest BCUT2D eigenvalue weighted by atomic mass is 9.95. The second kappa shape index (κ2) is 13.8. The van der Waals surface area contributed by atoms with E-state index in [2.05, 4.69) is 82.3 Å². The van der Waals surface area contributed by atoms with Crippen LogP contribution in [0.25, 0.3) is 11.1 Å². The highest BCUT2D eigenvalue weighted by Crippen LogP contribution is 2.27. The Labute approximate surface area is 213 Å². The molecule has 0 aliphatic heterocycles. The Balaban J connectivity index is 1.74. The third-order valence-electron chi connectivity index (χ3n) is 6.66. The molecule has 0 aromatic heterocycles. The SMILES string of the molecule is CCCCCCCCc1cc(N=C(C)C=Nc2cc(C)cc(-c3ccccc3)c2)cc(CC)c1C. The van der Waals surface area contributed by atoms with Gasteiger partial charge in [-0.25, -0.2) is 0 Å². The Bertz CT molecular complexity index is 1140. The van der Waals surface area contributed by atoms with Crippen molar-refractivity contribution in [2.45, 2.75) is 86.0 Å². The predicted molar refractivity (Wildman–Crippen MR) is 155 cm³/mol. The van der Waals surface area contributed by atoms with Crippen molar-refractivity contribution >= 4 is 23.3 Å². The van der Waals surface area contributed by atoms with Gasteiger partial charge in [0.05, 0.1) is 17.1 Å².